The molecule has 0 radical (unpaired) electrons. The Labute approximate surface area is 120 Å². The Morgan fingerprint density at radius 1 is 1.50 bits per heavy atom. The fraction of sp³-hybridized carbons (Fsp3) is 0.273. The SMILES string of the molecule is NC(=S)c1c(F)cccc1S(=O)(=O)NC1CNC(=O)C1. The molecule has 1 aromatic rings. The van der Waals surface area contributed by atoms with Gasteiger partial charge in [0.1, 0.15) is 10.8 Å². The van der Waals surface area contributed by atoms with Gasteiger partial charge in [-0.1, -0.05) is 18.3 Å². The lowest BCUT2D eigenvalue weighted by Gasteiger charge is -2.14. The zero-order valence-corrected chi connectivity index (χ0v) is 11.9. The van der Waals surface area contributed by atoms with Crippen LogP contribution in [0.1, 0.15) is 12.0 Å². The van der Waals surface area contributed by atoms with Crippen LogP contribution in [0.5, 0.6) is 0 Å². The molecule has 1 aromatic carbocycles. The Morgan fingerprint density at radius 2 is 2.20 bits per heavy atom. The van der Waals surface area contributed by atoms with Crippen LogP contribution >= 0.6 is 12.2 Å². The number of halogens is 1. The third kappa shape index (κ3) is 2.94. The largest absolute Gasteiger partial charge is 0.389 e. The van der Waals surface area contributed by atoms with Gasteiger partial charge in [-0.3, -0.25) is 4.79 Å². The predicted octanol–water partition coefficient (Wildman–Crippen LogP) is -0.373. The van der Waals surface area contributed by atoms with Crippen molar-refractivity contribution in [2.24, 2.45) is 5.73 Å². The van der Waals surface area contributed by atoms with E-state index in [-0.39, 0.29) is 34.3 Å². The highest BCUT2D eigenvalue weighted by Gasteiger charge is 2.29. The number of hydrogen-bond donors (Lipinski definition) is 3. The molecule has 0 saturated carbocycles. The topological polar surface area (TPSA) is 101 Å². The summed E-state index contributed by atoms with van der Waals surface area (Å²) in [7, 11) is -4.02. The molecule has 1 aliphatic heterocycles. The minimum absolute atomic E-state index is 0.0386. The normalized spacial score (nSPS) is 18.9. The number of rotatable bonds is 4. The van der Waals surface area contributed by atoms with Gasteiger partial charge >= 0.3 is 0 Å². The molecule has 1 heterocycles. The monoisotopic (exact) mass is 317 g/mol. The first-order valence-corrected chi connectivity index (χ1v) is 7.58. The van der Waals surface area contributed by atoms with Crippen molar-refractivity contribution in [2.45, 2.75) is 17.4 Å². The summed E-state index contributed by atoms with van der Waals surface area (Å²) in [6.07, 6.45) is 0.0386. The van der Waals surface area contributed by atoms with Crippen molar-refractivity contribution in [3.63, 3.8) is 0 Å². The van der Waals surface area contributed by atoms with E-state index in [0.29, 0.717) is 0 Å². The molecule has 9 heteroatoms. The molecular weight excluding hydrogens is 305 g/mol. The van der Waals surface area contributed by atoms with Gasteiger partial charge in [-0.05, 0) is 12.1 Å². The maximum atomic E-state index is 13.7. The van der Waals surface area contributed by atoms with Gasteiger partial charge in [0.2, 0.25) is 15.9 Å². The van der Waals surface area contributed by atoms with Gasteiger partial charge in [0.15, 0.2) is 0 Å². The molecule has 1 amide bonds. The van der Waals surface area contributed by atoms with Crippen LogP contribution in [0.3, 0.4) is 0 Å². The first-order chi connectivity index (χ1) is 9.31. The van der Waals surface area contributed by atoms with E-state index >= 15 is 0 Å². The second kappa shape index (κ2) is 5.43. The molecule has 1 fully saturated rings. The number of amides is 1. The summed E-state index contributed by atoms with van der Waals surface area (Å²) in [5.41, 5.74) is 5.05. The molecule has 20 heavy (non-hydrogen) atoms. The van der Waals surface area contributed by atoms with Crippen molar-refractivity contribution in [3.8, 4) is 0 Å². The van der Waals surface area contributed by atoms with Crippen LogP contribution in [0.25, 0.3) is 0 Å². The van der Waals surface area contributed by atoms with Gasteiger partial charge in [-0.25, -0.2) is 17.5 Å². The lowest BCUT2D eigenvalue weighted by molar-refractivity contribution is -0.119. The van der Waals surface area contributed by atoms with Crippen LogP contribution in [0.15, 0.2) is 23.1 Å². The maximum Gasteiger partial charge on any atom is 0.241 e. The molecule has 6 nitrogen and oxygen atoms in total. The number of carbonyl (C=O) groups excluding carboxylic acids is 1. The van der Waals surface area contributed by atoms with Gasteiger partial charge in [-0.2, -0.15) is 0 Å². The smallest absolute Gasteiger partial charge is 0.241 e. The lowest BCUT2D eigenvalue weighted by Crippen LogP contribution is -2.37. The second-order valence-electron chi connectivity index (χ2n) is 4.30. The molecule has 0 aromatic heterocycles. The molecule has 1 atom stereocenters. The van der Waals surface area contributed by atoms with Crippen LogP contribution in [-0.4, -0.2) is 31.9 Å². The quantitative estimate of drug-likeness (QED) is 0.658. The average Bonchev–Trinajstić information content (AvgIpc) is 2.73. The maximum absolute atomic E-state index is 13.7. The summed E-state index contributed by atoms with van der Waals surface area (Å²) in [5, 5.41) is 2.50. The van der Waals surface area contributed by atoms with Gasteiger partial charge in [0, 0.05) is 19.0 Å². The van der Waals surface area contributed by atoms with E-state index in [4.69, 9.17) is 5.73 Å². The summed E-state index contributed by atoms with van der Waals surface area (Å²) in [4.78, 5) is 10.4. The van der Waals surface area contributed by atoms with Crippen molar-refractivity contribution in [1.29, 1.82) is 0 Å². The van der Waals surface area contributed by atoms with E-state index in [1.54, 1.807) is 0 Å². The Kier molecular flexibility index (Phi) is 4.02. The highest BCUT2D eigenvalue weighted by atomic mass is 32.2. The summed E-state index contributed by atoms with van der Waals surface area (Å²) in [6.45, 7) is 0.190. The van der Waals surface area contributed by atoms with Gasteiger partial charge in [-0.15, -0.1) is 0 Å². The molecule has 0 aliphatic carbocycles. The molecule has 1 unspecified atom stereocenters. The van der Waals surface area contributed by atoms with Crippen molar-refractivity contribution < 1.29 is 17.6 Å². The fourth-order valence-corrected chi connectivity index (χ4v) is 3.68. The number of nitrogens with two attached hydrogens (primary N) is 1. The zero-order chi connectivity index (χ0) is 14.9. The van der Waals surface area contributed by atoms with Crippen LogP contribution in [0.4, 0.5) is 4.39 Å². The highest BCUT2D eigenvalue weighted by Crippen LogP contribution is 2.19. The number of carbonyl (C=O) groups is 1. The van der Waals surface area contributed by atoms with Crippen molar-refractivity contribution in [2.75, 3.05) is 6.54 Å². The third-order valence-corrected chi connectivity index (χ3v) is 4.58. The minimum atomic E-state index is -4.02. The van der Waals surface area contributed by atoms with Crippen LogP contribution < -0.4 is 15.8 Å². The van der Waals surface area contributed by atoms with Crippen molar-refractivity contribution >= 4 is 33.1 Å². The first-order valence-electron chi connectivity index (χ1n) is 5.68. The van der Waals surface area contributed by atoms with Crippen LogP contribution in [0, 0.1) is 5.82 Å². The average molecular weight is 317 g/mol. The fourth-order valence-electron chi connectivity index (χ4n) is 1.94. The molecule has 4 N–H and O–H groups in total. The van der Waals surface area contributed by atoms with Crippen LogP contribution in [-0.2, 0) is 14.8 Å². The molecule has 1 aliphatic rings. The third-order valence-electron chi connectivity index (χ3n) is 2.81. The van der Waals surface area contributed by atoms with Crippen LogP contribution in [0.2, 0.25) is 0 Å². The lowest BCUT2D eigenvalue weighted by atomic mass is 10.2. The molecule has 0 bridgehead atoms. The van der Waals surface area contributed by atoms with E-state index < -0.39 is 21.9 Å². The molecular formula is C11H12FN3O3S2. The molecule has 108 valence electrons. The Balaban J connectivity index is 2.37. The summed E-state index contributed by atoms with van der Waals surface area (Å²) >= 11 is 4.69. The van der Waals surface area contributed by atoms with Crippen molar-refractivity contribution in [3.05, 3.63) is 29.6 Å². The van der Waals surface area contributed by atoms with E-state index in [1.165, 1.54) is 12.1 Å². The summed E-state index contributed by atoms with van der Waals surface area (Å²) in [5.74, 6) is -1.05. The van der Waals surface area contributed by atoms with Gasteiger partial charge in [0.05, 0.1) is 10.5 Å². The summed E-state index contributed by atoms with van der Waals surface area (Å²) in [6, 6.07) is 2.97. The van der Waals surface area contributed by atoms with E-state index in [0.717, 1.165) is 6.07 Å². The number of sulfonamides is 1. The Bertz CT molecular complexity index is 675. The van der Waals surface area contributed by atoms with Crippen molar-refractivity contribution in [1.82, 2.24) is 10.0 Å². The Hall–Kier alpha value is -1.58. The van der Waals surface area contributed by atoms with E-state index in [1.807, 2.05) is 0 Å². The molecule has 0 spiro atoms. The Morgan fingerprint density at radius 3 is 2.75 bits per heavy atom. The zero-order valence-electron chi connectivity index (χ0n) is 10.2. The standard InChI is InChI=1S/C11H12FN3O3S2/c12-7-2-1-3-8(10(7)11(13)19)20(17,18)15-6-4-9(16)14-5-6/h1-3,6,15H,4-5H2,(H2,13,19)(H,14,16). The first kappa shape index (κ1) is 14.8. The minimum Gasteiger partial charge on any atom is -0.389 e. The number of benzene rings is 1. The highest BCUT2D eigenvalue weighted by molar-refractivity contribution is 7.89. The molecule has 2 rings (SSSR count). The number of hydrogen-bond acceptors (Lipinski definition) is 4. The number of thiocarbonyl (C=S) groups is 1. The predicted molar refractivity (Wildman–Crippen MR) is 74.0 cm³/mol. The van der Waals surface area contributed by atoms with Gasteiger partial charge in [0.25, 0.3) is 0 Å². The van der Waals surface area contributed by atoms with E-state index in [9.17, 15) is 17.6 Å². The summed E-state index contributed by atoms with van der Waals surface area (Å²) < 4.78 is 40.5. The second-order valence-corrected chi connectivity index (χ2v) is 6.43. The van der Waals surface area contributed by atoms with E-state index in [2.05, 4.69) is 22.3 Å². The number of nitrogens with one attached hydrogen (secondary N) is 2. The van der Waals surface area contributed by atoms with Gasteiger partial charge < -0.3 is 11.1 Å². The molecule has 1 saturated heterocycles.